The number of carbonyl (C=O) groups is 1. The highest BCUT2D eigenvalue weighted by molar-refractivity contribution is 7.09. The summed E-state index contributed by atoms with van der Waals surface area (Å²) < 4.78 is 4.38. The van der Waals surface area contributed by atoms with Crippen LogP contribution in [0.3, 0.4) is 0 Å². The molecule has 1 amide bonds. The van der Waals surface area contributed by atoms with E-state index in [1.165, 1.54) is 4.90 Å². The fourth-order valence-electron chi connectivity index (χ4n) is 1.23. The van der Waals surface area contributed by atoms with E-state index >= 15 is 0 Å². The molecule has 0 radical (unpaired) electrons. The van der Waals surface area contributed by atoms with Gasteiger partial charge >= 0.3 is 0 Å². The highest BCUT2D eigenvalue weighted by Crippen LogP contribution is 2.14. The minimum atomic E-state index is -0.299. The summed E-state index contributed by atoms with van der Waals surface area (Å²) in [6.07, 6.45) is 0. The van der Waals surface area contributed by atoms with E-state index in [-0.39, 0.29) is 17.4 Å². The molecule has 0 bridgehead atoms. The van der Waals surface area contributed by atoms with Crippen LogP contribution in [0.25, 0.3) is 0 Å². The zero-order chi connectivity index (χ0) is 11.5. The van der Waals surface area contributed by atoms with Crippen molar-refractivity contribution in [2.24, 2.45) is 0 Å². The number of nitrogen functional groups attached to an aromatic ring is 1. The van der Waals surface area contributed by atoms with Gasteiger partial charge in [0.1, 0.15) is 0 Å². The van der Waals surface area contributed by atoms with E-state index in [1.807, 2.05) is 17.5 Å². The molecule has 2 rings (SSSR count). The molecule has 0 fully saturated rings. The molecular formula is C9H10N4O2S. The van der Waals surface area contributed by atoms with Gasteiger partial charge in [-0.25, -0.2) is 4.63 Å². The van der Waals surface area contributed by atoms with Crippen LogP contribution >= 0.6 is 11.3 Å². The Kier molecular flexibility index (Phi) is 2.86. The summed E-state index contributed by atoms with van der Waals surface area (Å²) in [5, 5.41) is 8.79. The Morgan fingerprint density at radius 1 is 1.62 bits per heavy atom. The Balaban J connectivity index is 2.08. The average Bonchev–Trinajstić information content (AvgIpc) is 2.88. The maximum atomic E-state index is 11.8. The maximum Gasteiger partial charge on any atom is 0.280 e. The topological polar surface area (TPSA) is 85.2 Å². The quantitative estimate of drug-likeness (QED) is 0.861. The monoisotopic (exact) mass is 238 g/mol. The second kappa shape index (κ2) is 4.31. The van der Waals surface area contributed by atoms with Gasteiger partial charge in [-0.3, -0.25) is 4.79 Å². The van der Waals surface area contributed by atoms with Crippen LogP contribution in [0, 0.1) is 0 Å². The third-order valence-electron chi connectivity index (χ3n) is 2.04. The molecular weight excluding hydrogens is 228 g/mol. The first-order chi connectivity index (χ1) is 7.68. The lowest BCUT2D eigenvalue weighted by Gasteiger charge is -2.14. The summed E-state index contributed by atoms with van der Waals surface area (Å²) in [5.74, 6) is -0.282. The minimum absolute atomic E-state index is 0.0167. The molecule has 6 nitrogen and oxygen atoms in total. The molecule has 0 saturated carbocycles. The Bertz CT molecular complexity index is 479. The molecule has 0 aliphatic carbocycles. The predicted molar refractivity (Wildman–Crippen MR) is 58.8 cm³/mol. The number of hydrogen-bond donors (Lipinski definition) is 1. The molecule has 0 unspecified atom stereocenters. The fourth-order valence-corrected chi connectivity index (χ4v) is 1.99. The Morgan fingerprint density at radius 2 is 2.44 bits per heavy atom. The van der Waals surface area contributed by atoms with Crippen LogP contribution in [-0.2, 0) is 6.54 Å². The van der Waals surface area contributed by atoms with Crippen molar-refractivity contribution in [1.29, 1.82) is 0 Å². The number of nitrogens with zero attached hydrogens (tertiary/aromatic N) is 3. The van der Waals surface area contributed by atoms with Gasteiger partial charge in [-0.15, -0.1) is 11.3 Å². The molecule has 2 N–H and O–H groups in total. The molecule has 0 aromatic carbocycles. The number of rotatable bonds is 3. The number of thiophene rings is 1. The van der Waals surface area contributed by atoms with Crippen molar-refractivity contribution in [2.75, 3.05) is 12.8 Å². The Hall–Kier alpha value is -1.89. The largest absolute Gasteiger partial charge is 0.379 e. The molecule has 2 aromatic rings. The first kappa shape index (κ1) is 10.6. The van der Waals surface area contributed by atoms with Gasteiger partial charge in [0.05, 0.1) is 6.54 Å². The van der Waals surface area contributed by atoms with Crippen molar-refractivity contribution < 1.29 is 9.42 Å². The Labute approximate surface area is 95.6 Å². The SMILES string of the molecule is CN(Cc1cccs1)C(=O)c1nonc1N. The normalized spacial score (nSPS) is 10.3. The van der Waals surface area contributed by atoms with Gasteiger partial charge < -0.3 is 10.6 Å². The molecule has 0 aliphatic heterocycles. The first-order valence-corrected chi connectivity index (χ1v) is 5.42. The van der Waals surface area contributed by atoms with E-state index in [4.69, 9.17) is 5.73 Å². The van der Waals surface area contributed by atoms with Gasteiger partial charge in [-0.05, 0) is 21.8 Å². The zero-order valence-corrected chi connectivity index (χ0v) is 9.40. The van der Waals surface area contributed by atoms with Crippen LogP contribution in [0.1, 0.15) is 15.4 Å². The van der Waals surface area contributed by atoms with Gasteiger partial charge in [0.2, 0.25) is 11.5 Å². The molecule has 0 spiro atoms. The van der Waals surface area contributed by atoms with Crippen LogP contribution in [0.2, 0.25) is 0 Å². The molecule has 0 aliphatic rings. The van der Waals surface area contributed by atoms with E-state index in [9.17, 15) is 4.79 Å². The number of aromatic nitrogens is 2. The van der Waals surface area contributed by atoms with Crippen molar-refractivity contribution in [3.8, 4) is 0 Å². The summed E-state index contributed by atoms with van der Waals surface area (Å²) in [6, 6.07) is 3.89. The fraction of sp³-hybridized carbons (Fsp3) is 0.222. The molecule has 2 aromatic heterocycles. The van der Waals surface area contributed by atoms with Crippen molar-refractivity contribution in [1.82, 2.24) is 15.2 Å². The average molecular weight is 238 g/mol. The summed E-state index contributed by atoms with van der Waals surface area (Å²) >= 11 is 1.59. The highest BCUT2D eigenvalue weighted by atomic mass is 32.1. The molecule has 0 saturated heterocycles. The third-order valence-corrected chi connectivity index (χ3v) is 2.90. The molecule has 0 atom stereocenters. The van der Waals surface area contributed by atoms with Crippen LogP contribution in [0.4, 0.5) is 5.82 Å². The zero-order valence-electron chi connectivity index (χ0n) is 8.58. The van der Waals surface area contributed by atoms with E-state index in [0.717, 1.165) is 4.88 Å². The van der Waals surface area contributed by atoms with E-state index < -0.39 is 0 Å². The lowest BCUT2D eigenvalue weighted by Crippen LogP contribution is -2.26. The van der Waals surface area contributed by atoms with E-state index in [2.05, 4.69) is 14.9 Å². The highest BCUT2D eigenvalue weighted by Gasteiger charge is 2.20. The smallest absolute Gasteiger partial charge is 0.280 e. The number of nitrogens with two attached hydrogens (primary N) is 1. The summed E-state index contributed by atoms with van der Waals surface area (Å²) in [7, 11) is 1.68. The third kappa shape index (κ3) is 2.03. The van der Waals surface area contributed by atoms with Crippen LogP contribution < -0.4 is 5.73 Å². The number of amides is 1. The van der Waals surface area contributed by atoms with Crippen molar-refractivity contribution in [3.63, 3.8) is 0 Å². The standard InChI is InChI=1S/C9H10N4O2S/c1-13(5-6-3-2-4-16-6)9(14)7-8(10)12-15-11-7/h2-4H,5H2,1H3,(H2,10,12). The summed E-state index contributed by atoms with van der Waals surface area (Å²) in [5.41, 5.74) is 5.50. The van der Waals surface area contributed by atoms with Crippen LogP contribution in [0.15, 0.2) is 22.1 Å². The van der Waals surface area contributed by atoms with Gasteiger partial charge in [0, 0.05) is 11.9 Å². The predicted octanol–water partition coefficient (Wildman–Crippen LogP) is 0.986. The van der Waals surface area contributed by atoms with Crippen molar-refractivity contribution in [2.45, 2.75) is 6.54 Å². The van der Waals surface area contributed by atoms with Crippen molar-refractivity contribution in [3.05, 3.63) is 28.1 Å². The van der Waals surface area contributed by atoms with E-state index in [1.54, 1.807) is 18.4 Å². The minimum Gasteiger partial charge on any atom is -0.379 e. The summed E-state index contributed by atoms with van der Waals surface area (Å²) in [4.78, 5) is 14.4. The second-order valence-electron chi connectivity index (χ2n) is 3.24. The van der Waals surface area contributed by atoms with Crippen molar-refractivity contribution >= 4 is 23.1 Å². The second-order valence-corrected chi connectivity index (χ2v) is 4.27. The Morgan fingerprint density at radius 3 is 3.00 bits per heavy atom. The van der Waals surface area contributed by atoms with Gasteiger partial charge in [-0.2, -0.15) is 0 Å². The number of carbonyl (C=O) groups excluding carboxylic acids is 1. The molecule has 16 heavy (non-hydrogen) atoms. The van der Waals surface area contributed by atoms with Crippen LogP contribution in [-0.4, -0.2) is 28.2 Å². The van der Waals surface area contributed by atoms with Gasteiger partial charge in [0.15, 0.2) is 0 Å². The lowest BCUT2D eigenvalue weighted by atomic mass is 10.3. The summed E-state index contributed by atoms with van der Waals surface area (Å²) in [6.45, 7) is 0.517. The number of anilines is 1. The maximum absolute atomic E-state index is 11.8. The van der Waals surface area contributed by atoms with Crippen LogP contribution in [0.5, 0.6) is 0 Å². The van der Waals surface area contributed by atoms with E-state index in [0.29, 0.717) is 6.54 Å². The molecule has 2 heterocycles. The lowest BCUT2D eigenvalue weighted by molar-refractivity contribution is 0.0776. The molecule has 84 valence electrons. The first-order valence-electron chi connectivity index (χ1n) is 4.54. The van der Waals surface area contributed by atoms with Gasteiger partial charge in [0.25, 0.3) is 5.91 Å². The van der Waals surface area contributed by atoms with Gasteiger partial charge in [-0.1, -0.05) is 6.07 Å². The molecule has 7 heteroatoms. The number of hydrogen-bond acceptors (Lipinski definition) is 6.